The van der Waals surface area contributed by atoms with E-state index in [1.54, 1.807) is 0 Å². The molecule has 0 aliphatic heterocycles. The molecule has 0 atom stereocenters. The van der Waals surface area contributed by atoms with E-state index >= 15 is 0 Å². The number of hydrogen-bond donors (Lipinski definition) is 0. The van der Waals surface area contributed by atoms with Crippen molar-refractivity contribution < 1.29 is 0 Å². The summed E-state index contributed by atoms with van der Waals surface area (Å²) in [4.78, 5) is 0. The highest BCUT2D eigenvalue weighted by atomic mass is 79.9. The van der Waals surface area contributed by atoms with Gasteiger partial charge in [0.1, 0.15) is 4.60 Å². The molecule has 1 heterocycles. The second-order valence-corrected chi connectivity index (χ2v) is 5.57. The molecule has 0 radical (unpaired) electrons. The Morgan fingerprint density at radius 3 is 2.08 bits per heavy atom. The SMILES string of the molecule is Cc1c(Br)nnc(C(C)(C)C)c1Br. The third kappa shape index (κ3) is 2.29. The maximum Gasteiger partial charge on any atom is 0.132 e. The summed E-state index contributed by atoms with van der Waals surface area (Å²) in [6.07, 6.45) is 0. The summed E-state index contributed by atoms with van der Waals surface area (Å²) >= 11 is 6.88. The van der Waals surface area contributed by atoms with Gasteiger partial charge >= 0.3 is 0 Å². The number of nitrogens with zero attached hydrogens (tertiary/aromatic N) is 2. The van der Waals surface area contributed by atoms with Gasteiger partial charge in [-0.15, -0.1) is 5.10 Å². The molecule has 0 saturated heterocycles. The van der Waals surface area contributed by atoms with Crippen LogP contribution < -0.4 is 0 Å². The van der Waals surface area contributed by atoms with E-state index in [0.717, 1.165) is 20.3 Å². The van der Waals surface area contributed by atoms with Crippen molar-refractivity contribution >= 4 is 31.9 Å². The van der Waals surface area contributed by atoms with Crippen molar-refractivity contribution in [2.24, 2.45) is 0 Å². The molecule has 0 aliphatic rings. The highest BCUT2D eigenvalue weighted by Gasteiger charge is 2.21. The van der Waals surface area contributed by atoms with Gasteiger partial charge in [-0.3, -0.25) is 0 Å². The molecule has 4 heteroatoms. The quantitative estimate of drug-likeness (QED) is 0.732. The van der Waals surface area contributed by atoms with Crippen LogP contribution in [-0.2, 0) is 5.41 Å². The second kappa shape index (κ2) is 3.65. The Balaban J connectivity index is 3.35. The van der Waals surface area contributed by atoms with Crippen molar-refractivity contribution in [3.63, 3.8) is 0 Å². The first-order chi connectivity index (χ1) is 5.84. The highest BCUT2D eigenvalue weighted by molar-refractivity contribution is 9.11. The Kier molecular flexibility index (Phi) is 3.12. The first-order valence-corrected chi connectivity index (χ1v) is 5.61. The van der Waals surface area contributed by atoms with E-state index in [2.05, 4.69) is 62.8 Å². The zero-order valence-corrected chi connectivity index (χ0v) is 11.3. The number of halogens is 2. The van der Waals surface area contributed by atoms with Crippen LogP contribution in [-0.4, -0.2) is 10.2 Å². The normalized spacial score (nSPS) is 11.8. The molecule has 72 valence electrons. The predicted octanol–water partition coefficient (Wildman–Crippen LogP) is 3.61. The van der Waals surface area contributed by atoms with Gasteiger partial charge < -0.3 is 0 Å². The summed E-state index contributed by atoms with van der Waals surface area (Å²) < 4.78 is 1.84. The summed E-state index contributed by atoms with van der Waals surface area (Å²) in [6.45, 7) is 8.37. The molecule has 0 spiro atoms. The standard InChI is InChI=1S/C9H12Br2N2/c1-5-6(10)7(9(2,3)4)12-13-8(5)11/h1-4H3. The van der Waals surface area contributed by atoms with Crippen molar-refractivity contribution in [1.82, 2.24) is 10.2 Å². The van der Waals surface area contributed by atoms with Crippen LogP contribution >= 0.6 is 31.9 Å². The minimum Gasteiger partial charge on any atom is -0.153 e. The van der Waals surface area contributed by atoms with Crippen molar-refractivity contribution in [1.29, 1.82) is 0 Å². The van der Waals surface area contributed by atoms with Gasteiger partial charge in [0.2, 0.25) is 0 Å². The maximum absolute atomic E-state index is 4.17. The molecule has 1 aromatic rings. The number of aromatic nitrogens is 2. The van der Waals surface area contributed by atoms with E-state index < -0.39 is 0 Å². The Bertz CT molecular complexity index is 329. The van der Waals surface area contributed by atoms with E-state index in [1.807, 2.05) is 6.92 Å². The molecule has 0 aromatic carbocycles. The van der Waals surface area contributed by atoms with Crippen LogP contribution in [0.4, 0.5) is 0 Å². The van der Waals surface area contributed by atoms with Crippen LogP contribution in [0.2, 0.25) is 0 Å². The highest BCUT2D eigenvalue weighted by Crippen LogP contribution is 2.31. The molecule has 13 heavy (non-hydrogen) atoms. The molecule has 0 aliphatic carbocycles. The molecule has 0 saturated carbocycles. The fraction of sp³-hybridized carbons (Fsp3) is 0.556. The minimum absolute atomic E-state index is 0.0251. The van der Waals surface area contributed by atoms with Gasteiger partial charge in [-0.05, 0) is 44.3 Å². The third-order valence-corrected chi connectivity index (χ3v) is 3.52. The lowest BCUT2D eigenvalue weighted by Crippen LogP contribution is -2.16. The monoisotopic (exact) mass is 306 g/mol. The van der Waals surface area contributed by atoms with Gasteiger partial charge in [-0.1, -0.05) is 20.8 Å². The van der Waals surface area contributed by atoms with Crippen LogP contribution in [0.25, 0.3) is 0 Å². The average molecular weight is 308 g/mol. The van der Waals surface area contributed by atoms with Crippen LogP contribution in [0.1, 0.15) is 32.0 Å². The molecule has 0 unspecified atom stereocenters. The maximum atomic E-state index is 4.17. The third-order valence-electron chi connectivity index (χ3n) is 1.79. The molecular weight excluding hydrogens is 296 g/mol. The topological polar surface area (TPSA) is 25.8 Å². The smallest absolute Gasteiger partial charge is 0.132 e. The van der Waals surface area contributed by atoms with Gasteiger partial charge in [0.25, 0.3) is 0 Å². The molecule has 2 nitrogen and oxygen atoms in total. The average Bonchev–Trinajstić information content (AvgIpc) is 1.98. The van der Waals surface area contributed by atoms with Gasteiger partial charge in [0, 0.05) is 9.89 Å². The van der Waals surface area contributed by atoms with E-state index in [0.29, 0.717) is 0 Å². The van der Waals surface area contributed by atoms with Crippen LogP contribution in [0.15, 0.2) is 9.08 Å². The fourth-order valence-corrected chi connectivity index (χ4v) is 2.37. The van der Waals surface area contributed by atoms with Crippen molar-refractivity contribution in [3.8, 4) is 0 Å². The zero-order chi connectivity index (χ0) is 10.2. The first-order valence-electron chi connectivity index (χ1n) is 4.03. The second-order valence-electron chi connectivity index (χ2n) is 4.03. The van der Waals surface area contributed by atoms with E-state index in [9.17, 15) is 0 Å². The summed E-state index contributed by atoms with van der Waals surface area (Å²) in [7, 11) is 0. The van der Waals surface area contributed by atoms with Crippen molar-refractivity contribution in [2.75, 3.05) is 0 Å². The predicted molar refractivity (Wildman–Crippen MR) is 60.9 cm³/mol. The lowest BCUT2D eigenvalue weighted by atomic mass is 9.91. The zero-order valence-electron chi connectivity index (χ0n) is 8.15. The minimum atomic E-state index is 0.0251. The molecule has 0 N–H and O–H groups in total. The molecule has 1 aromatic heterocycles. The van der Waals surface area contributed by atoms with Gasteiger partial charge in [0.05, 0.1) is 5.69 Å². The first kappa shape index (κ1) is 11.1. The lowest BCUT2D eigenvalue weighted by Gasteiger charge is -2.19. The van der Waals surface area contributed by atoms with Crippen molar-refractivity contribution in [2.45, 2.75) is 33.1 Å². The Morgan fingerprint density at radius 2 is 1.62 bits per heavy atom. The Labute approximate surface area is 95.4 Å². The van der Waals surface area contributed by atoms with Crippen molar-refractivity contribution in [3.05, 3.63) is 20.3 Å². The van der Waals surface area contributed by atoms with Gasteiger partial charge in [-0.2, -0.15) is 5.10 Å². The van der Waals surface area contributed by atoms with E-state index in [4.69, 9.17) is 0 Å². The summed E-state index contributed by atoms with van der Waals surface area (Å²) in [5.41, 5.74) is 2.12. The molecule has 0 amide bonds. The Morgan fingerprint density at radius 1 is 1.08 bits per heavy atom. The number of hydrogen-bond acceptors (Lipinski definition) is 2. The summed E-state index contributed by atoms with van der Waals surface area (Å²) in [6, 6.07) is 0. The van der Waals surface area contributed by atoms with Gasteiger partial charge in [0.15, 0.2) is 0 Å². The fourth-order valence-electron chi connectivity index (χ4n) is 0.960. The lowest BCUT2D eigenvalue weighted by molar-refractivity contribution is 0.552. The summed E-state index contributed by atoms with van der Waals surface area (Å²) in [5.74, 6) is 0. The molecule has 1 rings (SSSR count). The molecule has 0 bridgehead atoms. The van der Waals surface area contributed by atoms with E-state index in [1.165, 1.54) is 0 Å². The number of rotatable bonds is 0. The Hall–Kier alpha value is 0.0400. The van der Waals surface area contributed by atoms with Gasteiger partial charge in [-0.25, -0.2) is 0 Å². The molecule has 0 fully saturated rings. The summed E-state index contributed by atoms with van der Waals surface area (Å²) in [5, 5.41) is 8.21. The molecular formula is C9H12Br2N2. The van der Waals surface area contributed by atoms with E-state index in [-0.39, 0.29) is 5.41 Å². The largest absolute Gasteiger partial charge is 0.153 e. The van der Waals surface area contributed by atoms with Crippen LogP contribution in [0.3, 0.4) is 0 Å². The van der Waals surface area contributed by atoms with Crippen LogP contribution in [0.5, 0.6) is 0 Å². The van der Waals surface area contributed by atoms with Crippen LogP contribution in [0, 0.1) is 6.92 Å².